The topological polar surface area (TPSA) is 87.5 Å². The van der Waals surface area contributed by atoms with Crippen LogP contribution in [0.4, 0.5) is 0 Å². The number of nitrogens with zero attached hydrogens (tertiary/aromatic N) is 4. The molecule has 1 aliphatic heterocycles. The lowest BCUT2D eigenvalue weighted by Crippen LogP contribution is -2.51. The van der Waals surface area contributed by atoms with Crippen molar-refractivity contribution in [3.8, 4) is 0 Å². The first-order valence-electron chi connectivity index (χ1n) is 9.09. The molecule has 1 aliphatic rings. The predicted octanol–water partition coefficient (Wildman–Crippen LogP) is 0.998. The van der Waals surface area contributed by atoms with Crippen molar-refractivity contribution in [2.24, 2.45) is 7.05 Å². The normalized spacial score (nSPS) is 17.8. The maximum atomic E-state index is 12.5. The second-order valence-corrected chi connectivity index (χ2v) is 9.37. The molecule has 0 radical (unpaired) electrons. The number of sulfonamides is 1. The van der Waals surface area contributed by atoms with Gasteiger partial charge in [0.2, 0.25) is 15.9 Å². The highest BCUT2D eigenvalue weighted by atomic mass is 35.5. The zero-order valence-corrected chi connectivity index (χ0v) is 18.3. The van der Waals surface area contributed by atoms with E-state index in [4.69, 9.17) is 0 Å². The van der Waals surface area contributed by atoms with Crippen molar-refractivity contribution in [1.82, 2.24) is 24.1 Å². The highest BCUT2D eigenvalue weighted by Gasteiger charge is 2.22. The Labute approximate surface area is 172 Å². The summed E-state index contributed by atoms with van der Waals surface area (Å²) in [6.07, 6.45) is 0.921. The minimum Gasteiger partial charge on any atom is -0.340 e. The molecule has 1 saturated heterocycles. The predicted molar refractivity (Wildman–Crippen MR) is 111 cm³/mol. The molecule has 1 N–H and O–H groups in total. The third-order valence-electron chi connectivity index (χ3n) is 5.01. The van der Waals surface area contributed by atoms with E-state index in [-0.39, 0.29) is 23.2 Å². The van der Waals surface area contributed by atoms with Gasteiger partial charge in [0.15, 0.2) is 0 Å². The summed E-state index contributed by atoms with van der Waals surface area (Å²) in [6, 6.07) is 5.27. The molecule has 1 fully saturated rings. The van der Waals surface area contributed by atoms with E-state index in [1.165, 1.54) is 18.4 Å². The molecule has 156 valence electrons. The summed E-state index contributed by atoms with van der Waals surface area (Å²) >= 11 is 0. The smallest absolute Gasteiger partial charge is 0.242 e. The first kappa shape index (κ1) is 22.6. The van der Waals surface area contributed by atoms with Gasteiger partial charge in [-0.25, -0.2) is 17.7 Å². The molecule has 10 heteroatoms. The van der Waals surface area contributed by atoms with Crippen LogP contribution < -0.4 is 5.32 Å². The lowest BCUT2D eigenvalue weighted by molar-refractivity contribution is -0.132. The molecule has 1 amide bonds. The van der Waals surface area contributed by atoms with Gasteiger partial charge in [-0.1, -0.05) is 0 Å². The Morgan fingerprint density at radius 3 is 2.71 bits per heavy atom. The molecule has 0 bridgehead atoms. The van der Waals surface area contributed by atoms with E-state index in [9.17, 15) is 13.2 Å². The number of piperazine rings is 1. The van der Waals surface area contributed by atoms with Crippen LogP contribution in [0, 0.1) is 0 Å². The molecule has 2 aromatic rings. The van der Waals surface area contributed by atoms with E-state index in [1.807, 2.05) is 16.5 Å². The third kappa shape index (κ3) is 4.48. The molecule has 2 heterocycles. The zero-order valence-electron chi connectivity index (χ0n) is 16.7. The van der Waals surface area contributed by atoms with Gasteiger partial charge in [-0.05, 0) is 25.1 Å². The van der Waals surface area contributed by atoms with Crippen molar-refractivity contribution in [2.75, 3.05) is 33.7 Å². The van der Waals surface area contributed by atoms with E-state index in [0.29, 0.717) is 24.4 Å². The number of halogens is 1. The van der Waals surface area contributed by atoms with Crippen molar-refractivity contribution < 1.29 is 13.2 Å². The fraction of sp³-hybridized carbons (Fsp3) is 0.556. The average Bonchev–Trinajstić information content (AvgIpc) is 2.95. The Hall–Kier alpha value is -1.68. The number of fused-ring (bicyclic) bond motifs is 1. The Morgan fingerprint density at radius 1 is 1.36 bits per heavy atom. The van der Waals surface area contributed by atoms with Gasteiger partial charge in [0.1, 0.15) is 5.82 Å². The van der Waals surface area contributed by atoms with Gasteiger partial charge >= 0.3 is 0 Å². The number of imidazole rings is 1. The highest BCUT2D eigenvalue weighted by molar-refractivity contribution is 7.89. The molecule has 0 aliphatic carbocycles. The quantitative estimate of drug-likeness (QED) is 0.766. The van der Waals surface area contributed by atoms with Gasteiger partial charge in [0.05, 0.1) is 15.9 Å². The lowest BCUT2D eigenvalue weighted by atomic mass is 10.2. The number of hydrogen-bond donors (Lipinski definition) is 1. The maximum absolute atomic E-state index is 12.5. The number of nitrogens with one attached hydrogen (secondary N) is 1. The summed E-state index contributed by atoms with van der Waals surface area (Å²) in [4.78, 5) is 19.2. The summed E-state index contributed by atoms with van der Waals surface area (Å²) in [7, 11) is 1.40. The molecular weight excluding hydrogens is 402 g/mol. The largest absolute Gasteiger partial charge is 0.340 e. The van der Waals surface area contributed by atoms with E-state index in [2.05, 4.69) is 17.2 Å². The van der Waals surface area contributed by atoms with Crippen LogP contribution in [-0.4, -0.2) is 72.9 Å². The Bertz CT molecular complexity index is 958. The van der Waals surface area contributed by atoms with Crippen LogP contribution >= 0.6 is 12.4 Å². The minimum absolute atomic E-state index is 0. The molecule has 1 unspecified atom stereocenters. The molecule has 1 aromatic heterocycles. The summed E-state index contributed by atoms with van der Waals surface area (Å²) < 4.78 is 27.8. The molecular formula is C18H28ClN5O3S. The maximum Gasteiger partial charge on any atom is 0.242 e. The standard InChI is InChI=1S/C18H27N5O3S.ClH/c1-13-12-23(10-9-19-13)18(24)8-7-17-20-15-11-14(27(25,26)21(2)3)5-6-16(15)22(17)4;/h5-6,11,13,19H,7-10,12H2,1-4H3;1H. The first-order chi connectivity index (χ1) is 12.7. The Balaban J connectivity index is 0.00000280. The van der Waals surface area contributed by atoms with Crippen molar-refractivity contribution in [1.29, 1.82) is 0 Å². The molecule has 28 heavy (non-hydrogen) atoms. The van der Waals surface area contributed by atoms with Gasteiger partial charge in [-0.15, -0.1) is 12.4 Å². The third-order valence-corrected chi connectivity index (χ3v) is 6.82. The van der Waals surface area contributed by atoms with Crippen LogP contribution in [0.15, 0.2) is 23.1 Å². The Morgan fingerprint density at radius 2 is 2.07 bits per heavy atom. The van der Waals surface area contributed by atoms with E-state index in [1.54, 1.807) is 18.2 Å². The van der Waals surface area contributed by atoms with Gasteiger partial charge < -0.3 is 14.8 Å². The second-order valence-electron chi connectivity index (χ2n) is 7.22. The number of amides is 1. The van der Waals surface area contributed by atoms with Crippen LogP contribution in [-0.2, 0) is 28.3 Å². The monoisotopic (exact) mass is 429 g/mol. The SMILES string of the molecule is CC1CN(C(=O)CCc2nc3cc(S(=O)(=O)N(C)C)ccc3n2C)CCN1.Cl. The second kappa shape index (κ2) is 8.77. The summed E-state index contributed by atoms with van der Waals surface area (Å²) in [5, 5.41) is 3.33. The molecule has 0 saturated carbocycles. The van der Waals surface area contributed by atoms with Crippen LogP contribution in [0.3, 0.4) is 0 Å². The lowest BCUT2D eigenvalue weighted by Gasteiger charge is -2.32. The van der Waals surface area contributed by atoms with Gasteiger partial charge in [0.25, 0.3) is 0 Å². The van der Waals surface area contributed by atoms with E-state index < -0.39 is 10.0 Å². The Kier molecular flexibility index (Phi) is 7.08. The molecule has 3 rings (SSSR count). The number of benzene rings is 1. The van der Waals surface area contributed by atoms with Crippen molar-refractivity contribution in [3.63, 3.8) is 0 Å². The van der Waals surface area contributed by atoms with Crippen molar-refractivity contribution in [3.05, 3.63) is 24.0 Å². The van der Waals surface area contributed by atoms with Crippen LogP contribution in [0.2, 0.25) is 0 Å². The summed E-state index contributed by atoms with van der Waals surface area (Å²) in [5.41, 5.74) is 1.48. The van der Waals surface area contributed by atoms with E-state index in [0.717, 1.165) is 31.0 Å². The minimum atomic E-state index is -3.50. The molecule has 0 spiro atoms. The number of aryl methyl sites for hydroxylation is 2. The highest BCUT2D eigenvalue weighted by Crippen LogP contribution is 2.22. The van der Waals surface area contributed by atoms with Crippen molar-refractivity contribution >= 4 is 39.4 Å². The van der Waals surface area contributed by atoms with Gasteiger partial charge in [-0.2, -0.15) is 0 Å². The van der Waals surface area contributed by atoms with Crippen LogP contribution in [0.1, 0.15) is 19.2 Å². The molecule has 1 atom stereocenters. The van der Waals surface area contributed by atoms with Crippen molar-refractivity contribution in [2.45, 2.75) is 30.7 Å². The van der Waals surface area contributed by atoms with E-state index >= 15 is 0 Å². The number of aromatic nitrogens is 2. The number of carbonyl (C=O) groups excluding carboxylic acids is 1. The summed E-state index contributed by atoms with van der Waals surface area (Å²) in [6.45, 7) is 4.36. The van der Waals surface area contributed by atoms with Crippen LogP contribution in [0.5, 0.6) is 0 Å². The number of carbonyl (C=O) groups is 1. The summed E-state index contributed by atoms with van der Waals surface area (Å²) in [5.74, 6) is 0.909. The number of rotatable bonds is 5. The fourth-order valence-electron chi connectivity index (χ4n) is 3.36. The zero-order chi connectivity index (χ0) is 19.8. The average molecular weight is 430 g/mol. The fourth-order valence-corrected chi connectivity index (χ4v) is 4.28. The van der Waals surface area contributed by atoms with Gasteiger partial charge in [-0.3, -0.25) is 4.79 Å². The number of hydrogen-bond acceptors (Lipinski definition) is 5. The van der Waals surface area contributed by atoms with Gasteiger partial charge in [0, 0.05) is 59.7 Å². The van der Waals surface area contributed by atoms with Crippen LogP contribution in [0.25, 0.3) is 11.0 Å². The first-order valence-corrected chi connectivity index (χ1v) is 10.5. The molecule has 1 aromatic carbocycles. The molecule has 8 nitrogen and oxygen atoms in total.